The first kappa shape index (κ1) is 46.2. The number of nitrogens with zero attached hydrogens (tertiary/aromatic N) is 7. The number of hydrogen-bond donors (Lipinski definition) is 4. The van der Waals surface area contributed by atoms with Crippen molar-refractivity contribution in [1.29, 1.82) is 5.26 Å². The summed E-state index contributed by atoms with van der Waals surface area (Å²) in [6, 6.07) is 28.6. The molecule has 6 aliphatic rings. The first-order valence-corrected chi connectivity index (χ1v) is 23.8. The number of benzene rings is 4. The van der Waals surface area contributed by atoms with Crippen molar-refractivity contribution in [2.75, 3.05) is 14.1 Å². The molecule has 4 aromatic carbocycles. The number of carbonyl (C=O) groups excluding carboxylic acids is 2. The highest BCUT2D eigenvalue weighted by Crippen LogP contribution is 2.63. The molecule has 69 heavy (non-hydrogen) atoms. The number of aromatic nitrogens is 2. The maximum Gasteiger partial charge on any atom is 0.488 e. The van der Waals surface area contributed by atoms with E-state index in [1.54, 1.807) is 38.4 Å². The third-order valence-corrected chi connectivity index (χ3v) is 16.1. The minimum atomic E-state index is -1.43. The van der Waals surface area contributed by atoms with Crippen LogP contribution in [-0.4, -0.2) is 75.1 Å². The van der Waals surface area contributed by atoms with Crippen LogP contribution in [0.3, 0.4) is 0 Å². The number of guanidine groups is 2. The Morgan fingerprint density at radius 3 is 1.74 bits per heavy atom. The molecule has 350 valence electrons. The number of hydrogen-bond acceptors (Lipinski definition) is 13. The molecule has 0 saturated carbocycles. The lowest BCUT2D eigenvalue weighted by Gasteiger charge is -2.43. The largest absolute Gasteiger partial charge is 0.488 e. The van der Waals surface area contributed by atoms with Crippen molar-refractivity contribution < 1.29 is 28.7 Å². The van der Waals surface area contributed by atoms with Crippen molar-refractivity contribution in [3.8, 4) is 17.2 Å². The normalized spacial score (nSPS) is 24.6. The molecule has 18 heteroatoms. The number of aliphatic imine (C=N–C) groups is 2. The Kier molecular flexibility index (Phi) is 11.3. The minimum absolute atomic E-state index is 0.0376. The lowest BCUT2D eigenvalue weighted by atomic mass is 9.61. The topological polar surface area (TPSA) is 234 Å². The zero-order chi connectivity index (χ0) is 48.8. The predicted octanol–water partition coefficient (Wildman–Crippen LogP) is 5.71. The number of nitriles is 1. The van der Waals surface area contributed by atoms with Crippen LogP contribution in [0, 0.1) is 36.0 Å². The zero-order valence-electron chi connectivity index (χ0n) is 38.4. The molecule has 4 unspecified atom stereocenters. The summed E-state index contributed by atoms with van der Waals surface area (Å²) in [4.78, 5) is 40.1. The Balaban J connectivity index is 0.000000136. The highest BCUT2D eigenvalue weighted by Gasteiger charge is 2.68. The highest BCUT2D eigenvalue weighted by molar-refractivity contribution is 9.10. The number of halogens is 2. The van der Waals surface area contributed by atoms with Crippen LogP contribution in [-0.2, 0) is 59.2 Å². The maximum absolute atomic E-state index is 13.9. The Labute approximate surface area is 412 Å². The summed E-state index contributed by atoms with van der Waals surface area (Å²) in [5, 5.41) is 35.6. The average molecular weight is 1010 g/mol. The maximum atomic E-state index is 13.9. The number of amides is 2. The van der Waals surface area contributed by atoms with Crippen LogP contribution in [0.2, 0.25) is 5.02 Å². The van der Waals surface area contributed by atoms with Crippen molar-refractivity contribution in [1.82, 2.24) is 20.1 Å². The highest BCUT2D eigenvalue weighted by atomic mass is 79.9. The van der Waals surface area contributed by atoms with Gasteiger partial charge in [0.25, 0.3) is 11.8 Å². The van der Waals surface area contributed by atoms with Gasteiger partial charge in [0, 0.05) is 45.5 Å². The lowest BCUT2D eigenvalue weighted by Crippen LogP contribution is -2.51. The van der Waals surface area contributed by atoms with Gasteiger partial charge in [-0.25, -0.2) is 9.98 Å². The molecule has 4 heterocycles. The molecule has 2 aliphatic heterocycles. The molecule has 6 N–H and O–H groups in total. The quantitative estimate of drug-likeness (QED) is 0.153. The van der Waals surface area contributed by atoms with Gasteiger partial charge in [-0.1, -0.05) is 80.3 Å². The van der Waals surface area contributed by atoms with Gasteiger partial charge in [0.05, 0.1) is 23.0 Å². The monoisotopic (exact) mass is 1010 g/mol. The van der Waals surface area contributed by atoms with Gasteiger partial charge in [0.15, 0.2) is 23.0 Å². The molecule has 6 aromatic rings. The third kappa shape index (κ3) is 7.05. The summed E-state index contributed by atoms with van der Waals surface area (Å²) in [6.07, 6.45) is 6.06. The number of likely N-dealkylation sites (N-methyl/N-ethyl adjacent to an activating group) is 2. The standard InChI is InChI=1S/C26H23N5O2.C19H19BrN4O2.C6H6BClO2/c1-15-20-13-25(9-8-22(20)30-33-15)12-19-7-6-18(17-5-3-4-16(10-17)14-27)11-21(19)26(25)23(32)31(2)24(28)29-26;1-10-13-9-18(6-5-15(13)23-26-10)8-11-3-4-12(20)7-14(11)19(18)16(25)24(2)17(21)22-19;8-6-3-1-2-5(4-6)7(9)10/h3-7,10-11H,8-9,12-13H2,1-2H3,(H2,28,29);3-4,7H,5-6,8-9H2,1-2H3,(H2,21,22);1-4,9-10H. The summed E-state index contributed by atoms with van der Waals surface area (Å²) < 4.78 is 11.9. The van der Waals surface area contributed by atoms with Crippen LogP contribution in [0.15, 0.2) is 108 Å². The van der Waals surface area contributed by atoms with Crippen molar-refractivity contribution in [3.05, 3.63) is 156 Å². The van der Waals surface area contributed by atoms with E-state index >= 15 is 0 Å². The van der Waals surface area contributed by atoms with Crippen LogP contribution in [0.25, 0.3) is 11.1 Å². The lowest BCUT2D eigenvalue weighted by molar-refractivity contribution is -0.136. The van der Waals surface area contributed by atoms with Gasteiger partial charge < -0.3 is 30.6 Å². The zero-order valence-corrected chi connectivity index (χ0v) is 40.7. The Hall–Kier alpha value is -6.58. The van der Waals surface area contributed by atoms with Gasteiger partial charge >= 0.3 is 7.12 Å². The molecule has 4 atom stereocenters. The summed E-state index contributed by atoms with van der Waals surface area (Å²) in [6.45, 7) is 3.87. The molecule has 12 rings (SSSR count). The van der Waals surface area contributed by atoms with E-state index in [0.29, 0.717) is 22.5 Å². The number of nitrogens with two attached hydrogens (primary N) is 2. The molecule has 2 aromatic heterocycles. The second kappa shape index (κ2) is 16.8. The van der Waals surface area contributed by atoms with E-state index in [9.17, 15) is 14.9 Å². The second-order valence-electron chi connectivity index (χ2n) is 19.0. The molecule has 15 nitrogen and oxygen atoms in total. The van der Waals surface area contributed by atoms with Gasteiger partial charge in [-0.2, -0.15) is 5.26 Å². The van der Waals surface area contributed by atoms with E-state index in [2.05, 4.69) is 56.6 Å². The molecular weight excluding hydrogens is 961 g/mol. The number of fused-ring (bicyclic) bond motifs is 8. The minimum Gasteiger partial charge on any atom is -0.423 e. The van der Waals surface area contributed by atoms with E-state index < -0.39 is 23.6 Å². The van der Waals surface area contributed by atoms with Gasteiger partial charge in [-0.05, 0) is 147 Å². The smallest absolute Gasteiger partial charge is 0.423 e. The number of rotatable bonds is 2. The van der Waals surface area contributed by atoms with Crippen LogP contribution in [0.5, 0.6) is 0 Å². The van der Waals surface area contributed by atoms with E-state index in [-0.39, 0.29) is 29.1 Å². The van der Waals surface area contributed by atoms with Crippen molar-refractivity contribution in [3.63, 3.8) is 0 Å². The van der Waals surface area contributed by atoms with Crippen LogP contribution >= 0.6 is 27.5 Å². The summed E-state index contributed by atoms with van der Waals surface area (Å²) in [5.74, 6) is 2.05. The van der Waals surface area contributed by atoms with E-state index in [0.717, 1.165) is 111 Å². The Morgan fingerprint density at radius 2 is 1.25 bits per heavy atom. The molecule has 0 fully saturated rings. The first-order valence-electron chi connectivity index (χ1n) is 22.7. The fourth-order valence-corrected chi connectivity index (χ4v) is 12.4. The van der Waals surface area contributed by atoms with Crippen LogP contribution in [0.1, 0.15) is 74.7 Å². The summed E-state index contributed by atoms with van der Waals surface area (Å²) in [7, 11) is 1.97. The second-order valence-corrected chi connectivity index (χ2v) is 20.3. The predicted molar refractivity (Wildman–Crippen MR) is 263 cm³/mol. The molecule has 2 amide bonds. The van der Waals surface area contributed by atoms with E-state index in [4.69, 9.17) is 52.1 Å². The van der Waals surface area contributed by atoms with E-state index in [1.165, 1.54) is 21.4 Å². The number of aryl methyl sites for hydroxylation is 4. The molecule has 4 aliphatic carbocycles. The van der Waals surface area contributed by atoms with Gasteiger partial charge in [-0.15, -0.1) is 0 Å². The van der Waals surface area contributed by atoms with Crippen molar-refractivity contribution in [2.24, 2.45) is 32.3 Å². The van der Waals surface area contributed by atoms with Gasteiger partial charge in [-0.3, -0.25) is 19.4 Å². The number of carbonyl (C=O) groups is 2. The average Bonchev–Trinajstić information content (AvgIpc) is 4.14. The van der Waals surface area contributed by atoms with E-state index in [1.807, 2.05) is 44.2 Å². The fraction of sp³-hybridized carbons (Fsp3) is 0.314. The van der Waals surface area contributed by atoms with Crippen molar-refractivity contribution in [2.45, 2.75) is 76.3 Å². The Morgan fingerprint density at radius 1 is 0.725 bits per heavy atom. The molecule has 0 bridgehead atoms. The molecule has 0 saturated heterocycles. The Bertz CT molecular complexity index is 3240. The first-order chi connectivity index (χ1) is 33.0. The summed E-state index contributed by atoms with van der Waals surface area (Å²) in [5.41, 5.74) is 20.8. The van der Waals surface area contributed by atoms with Gasteiger partial charge in [0.2, 0.25) is 0 Å². The van der Waals surface area contributed by atoms with Crippen LogP contribution < -0.4 is 16.9 Å². The van der Waals surface area contributed by atoms with Gasteiger partial charge in [0.1, 0.15) is 11.5 Å². The molecule has 4 spiro atoms. The third-order valence-electron chi connectivity index (χ3n) is 15.3. The summed E-state index contributed by atoms with van der Waals surface area (Å²) >= 11 is 9.13. The molecular formula is C51H48BBrClN9O6. The van der Waals surface area contributed by atoms with Crippen molar-refractivity contribution >= 4 is 63.8 Å². The fourth-order valence-electron chi connectivity index (χ4n) is 11.8. The molecule has 0 radical (unpaired) electrons. The van der Waals surface area contributed by atoms with Crippen LogP contribution in [0.4, 0.5) is 0 Å². The SMILES string of the molecule is Cc1onc2c1CC1(CC2)Cc2ccc(-c3cccc(C#N)c3)cc2C12N=C(N)N(C)C2=O.Cc1onc2c1CC1(CC2)Cc2ccc(Br)cc2C12N=C(N)N(C)C2=O.OB(O)c1cccc(Cl)c1.